The van der Waals surface area contributed by atoms with Crippen molar-refractivity contribution in [3.05, 3.63) is 76.7 Å². The van der Waals surface area contributed by atoms with E-state index in [9.17, 15) is 13.2 Å². The number of nitrogens with one attached hydrogen (secondary N) is 2. The van der Waals surface area contributed by atoms with E-state index in [2.05, 4.69) is 34.0 Å². The van der Waals surface area contributed by atoms with Gasteiger partial charge in [0, 0.05) is 31.5 Å². The van der Waals surface area contributed by atoms with Crippen LogP contribution in [0.25, 0.3) is 6.08 Å². The Morgan fingerprint density at radius 1 is 1.03 bits per heavy atom. The zero-order chi connectivity index (χ0) is 22.8. The van der Waals surface area contributed by atoms with Gasteiger partial charge < -0.3 is 5.32 Å². The summed E-state index contributed by atoms with van der Waals surface area (Å²) in [6, 6.07) is 17.5. The molecule has 6 nitrogen and oxygen atoms in total. The van der Waals surface area contributed by atoms with E-state index in [1.807, 2.05) is 42.5 Å². The van der Waals surface area contributed by atoms with Gasteiger partial charge in [0.05, 0.1) is 0 Å². The minimum Gasteiger partial charge on any atom is -0.352 e. The molecule has 0 aromatic heterocycles. The summed E-state index contributed by atoms with van der Waals surface area (Å²) in [6.07, 6.45) is 4.15. The summed E-state index contributed by atoms with van der Waals surface area (Å²) in [5, 5.41) is 3.96. The molecule has 1 saturated heterocycles. The van der Waals surface area contributed by atoms with E-state index in [4.69, 9.17) is 0 Å². The highest BCUT2D eigenvalue weighted by molar-refractivity contribution is 7.92. The van der Waals surface area contributed by atoms with Crippen molar-refractivity contribution in [2.45, 2.75) is 39.3 Å². The van der Waals surface area contributed by atoms with Gasteiger partial charge in [-0.2, -0.15) is 0 Å². The number of rotatable bonds is 10. The number of likely N-dealkylation sites (tertiary alicyclic amines) is 1. The molecule has 1 fully saturated rings. The van der Waals surface area contributed by atoms with Crippen LogP contribution in [0.1, 0.15) is 42.9 Å². The number of piperidine rings is 1. The molecular weight excluding hydrogens is 422 g/mol. The van der Waals surface area contributed by atoms with Crippen LogP contribution in [-0.4, -0.2) is 38.9 Å². The van der Waals surface area contributed by atoms with Crippen molar-refractivity contribution in [1.29, 1.82) is 0 Å². The molecule has 1 heterocycles. The second kappa shape index (κ2) is 11.9. The van der Waals surface area contributed by atoms with Crippen LogP contribution >= 0.6 is 0 Å². The van der Waals surface area contributed by atoms with Crippen LogP contribution in [0.15, 0.2) is 60.0 Å². The Balaban J connectivity index is 1.35. The molecule has 0 unspecified atom stereocenters. The molecule has 2 aromatic rings. The highest BCUT2D eigenvalue weighted by atomic mass is 32.2. The highest BCUT2D eigenvalue weighted by Crippen LogP contribution is 2.18. The van der Waals surface area contributed by atoms with Crippen molar-refractivity contribution in [1.82, 2.24) is 14.9 Å². The van der Waals surface area contributed by atoms with Crippen LogP contribution in [0.3, 0.4) is 0 Å². The van der Waals surface area contributed by atoms with Gasteiger partial charge in [0.2, 0.25) is 15.9 Å². The fourth-order valence-corrected chi connectivity index (χ4v) is 4.44. The van der Waals surface area contributed by atoms with Crippen molar-refractivity contribution in [3.63, 3.8) is 0 Å². The summed E-state index contributed by atoms with van der Waals surface area (Å²) < 4.78 is 26.5. The second-order valence-electron chi connectivity index (χ2n) is 8.45. The highest BCUT2D eigenvalue weighted by Gasteiger charge is 2.15. The number of benzene rings is 2. The van der Waals surface area contributed by atoms with E-state index >= 15 is 0 Å². The maximum Gasteiger partial charge on any atom is 0.233 e. The van der Waals surface area contributed by atoms with Gasteiger partial charge in [-0.3, -0.25) is 9.69 Å². The zero-order valence-electron chi connectivity index (χ0n) is 18.7. The molecule has 0 radical (unpaired) electrons. The van der Waals surface area contributed by atoms with E-state index in [0.29, 0.717) is 6.54 Å². The number of hydrogen-bond acceptors (Lipinski definition) is 4. The lowest BCUT2D eigenvalue weighted by Crippen LogP contribution is -2.32. The number of amides is 1. The molecule has 0 saturated carbocycles. The van der Waals surface area contributed by atoms with Gasteiger partial charge in [0.1, 0.15) is 0 Å². The van der Waals surface area contributed by atoms with Gasteiger partial charge in [-0.1, -0.05) is 61.5 Å². The molecule has 32 heavy (non-hydrogen) atoms. The van der Waals surface area contributed by atoms with Crippen molar-refractivity contribution >= 4 is 22.0 Å². The molecule has 1 aliphatic heterocycles. The quantitative estimate of drug-likeness (QED) is 0.575. The molecule has 2 N–H and O–H groups in total. The first-order valence-electron chi connectivity index (χ1n) is 11.2. The van der Waals surface area contributed by atoms with Crippen molar-refractivity contribution in [2.24, 2.45) is 5.92 Å². The Bertz CT molecular complexity index is 981. The molecule has 1 amide bonds. The molecule has 7 heteroatoms. The van der Waals surface area contributed by atoms with Crippen molar-refractivity contribution < 1.29 is 13.2 Å². The summed E-state index contributed by atoms with van der Waals surface area (Å²) in [6.45, 7) is 6.09. The first-order valence-corrected chi connectivity index (χ1v) is 12.7. The monoisotopic (exact) mass is 455 g/mol. The van der Waals surface area contributed by atoms with Crippen LogP contribution in [0.5, 0.6) is 0 Å². The molecule has 0 atom stereocenters. The Morgan fingerprint density at radius 3 is 2.38 bits per heavy atom. The van der Waals surface area contributed by atoms with Crippen LogP contribution < -0.4 is 10.0 Å². The van der Waals surface area contributed by atoms with Gasteiger partial charge in [-0.05, 0) is 54.6 Å². The molecule has 3 rings (SSSR count). The van der Waals surface area contributed by atoms with Crippen LogP contribution in [-0.2, 0) is 27.9 Å². The number of hydrogen-bond donors (Lipinski definition) is 2. The van der Waals surface area contributed by atoms with Crippen molar-refractivity contribution in [3.8, 4) is 0 Å². The summed E-state index contributed by atoms with van der Waals surface area (Å²) >= 11 is 0. The van der Waals surface area contributed by atoms with E-state index in [1.54, 1.807) is 0 Å². The maximum absolute atomic E-state index is 12.1. The Morgan fingerprint density at radius 2 is 1.69 bits per heavy atom. The van der Waals surface area contributed by atoms with Gasteiger partial charge in [0.15, 0.2) is 0 Å². The first kappa shape index (κ1) is 24.2. The Labute approximate surface area is 191 Å². The van der Waals surface area contributed by atoms with E-state index in [-0.39, 0.29) is 18.9 Å². The lowest BCUT2D eigenvalue weighted by Gasteiger charge is -2.30. The molecule has 1 aliphatic rings. The Kier molecular flexibility index (Phi) is 9.02. The average molecular weight is 456 g/mol. The third-order valence-electron chi connectivity index (χ3n) is 5.69. The van der Waals surface area contributed by atoms with Crippen LogP contribution in [0.4, 0.5) is 0 Å². The maximum atomic E-state index is 12.1. The van der Waals surface area contributed by atoms with E-state index < -0.39 is 10.0 Å². The minimum atomic E-state index is -3.58. The predicted octanol–water partition coefficient (Wildman–Crippen LogP) is 3.52. The van der Waals surface area contributed by atoms with Gasteiger partial charge in [-0.25, -0.2) is 13.1 Å². The lowest BCUT2D eigenvalue weighted by molar-refractivity contribution is -0.121. The minimum absolute atomic E-state index is 0.0562. The lowest BCUT2D eigenvalue weighted by atomic mass is 9.99. The molecular formula is C25H33N3O3S. The summed E-state index contributed by atoms with van der Waals surface area (Å²) in [4.78, 5) is 14.6. The fraction of sp³-hybridized carbons (Fsp3) is 0.400. The third-order valence-corrected chi connectivity index (χ3v) is 6.79. The molecule has 0 bridgehead atoms. The largest absolute Gasteiger partial charge is 0.352 e. The number of nitrogens with zero attached hydrogens (tertiary/aromatic N) is 1. The molecule has 172 valence electrons. The average Bonchev–Trinajstić information content (AvgIpc) is 2.79. The Hall–Kier alpha value is -2.48. The fourth-order valence-electron chi connectivity index (χ4n) is 3.62. The van der Waals surface area contributed by atoms with Crippen molar-refractivity contribution in [2.75, 3.05) is 19.6 Å². The third kappa shape index (κ3) is 8.57. The molecule has 2 aromatic carbocycles. The number of carbonyl (C=O) groups is 1. The molecule has 0 aliphatic carbocycles. The topological polar surface area (TPSA) is 78.5 Å². The van der Waals surface area contributed by atoms with Crippen LogP contribution in [0.2, 0.25) is 0 Å². The summed E-state index contributed by atoms with van der Waals surface area (Å²) in [5.74, 6) is 0.643. The first-order chi connectivity index (χ1) is 15.4. The SMILES string of the molecule is CC1CCN(Cc2ccc(CNC(=O)CCNS(=O)(=O)/C=C/c3ccccc3)cc2)CC1. The standard InChI is InChI=1S/C25H33N3O3S/c1-21-12-16-28(17-13-21)20-24-9-7-23(8-10-24)19-26-25(29)11-15-27-32(30,31)18-14-22-5-3-2-4-6-22/h2-10,14,18,21,27H,11-13,15-17,19-20H2,1H3,(H,26,29)/b18-14+. The predicted molar refractivity (Wildman–Crippen MR) is 129 cm³/mol. The zero-order valence-corrected chi connectivity index (χ0v) is 19.5. The normalized spacial score (nSPS) is 15.8. The summed E-state index contributed by atoms with van der Waals surface area (Å²) in [7, 11) is -3.58. The number of carbonyl (C=O) groups excluding carboxylic acids is 1. The smallest absolute Gasteiger partial charge is 0.233 e. The number of sulfonamides is 1. The van der Waals surface area contributed by atoms with Gasteiger partial charge >= 0.3 is 0 Å². The summed E-state index contributed by atoms with van der Waals surface area (Å²) in [5.41, 5.74) is 3.11. The van der Waals surface area contributed by atoms with Gasteiger partial charge in [-0.15, -0.1) is 0 Å². The van der Waals surface area contributed by atoms with Gasteiger partial charge in [0.25, 0.3) is 0 Å². The van der Waals surface area contributed by atoms with E-state index in [1.165, 1.54) is 24.5 Å². The molecule has 0 spiro atoms. The van der Waals surface area contributed by atoms with E-state index in [0.717, 1.165) is 42.1 Å². The van der Waals surface area contributed by atoms with Crippen LogP contribution in [0, 0.1) is 5.92 Å². The second-order valence-corrected chi connectivity index (χ2v) is 10.1.